The maximum atomic E-state index is 13.3. The molecule has 17 heavy (non-hydrogen) atoms. The average Bonchev–Trinajstić information content (AvgIpc) is 2.36. The fraction of sp³-hybridized carbons (Fsp3) is 0.417. The normalized spacial score (nSPS) is 12.1. The van der Waals surface area contributed by atoms with Gasteiger partial charge in [-0.2, -0.15) is 5.26 Å². The number of halogens is 1. The van der Waals surface area contributed by atoms with E-state index in [1.165, 1.54) is 18.2 Å². The van der Waals surface area contributed by atoms with E-state index in [0.29, 0.717) is 35.7 Å². The van der Waals surface area contributed by atoms with Gasteiger partial charge in [0.1, 0.15) is 5.82 Å². The van der Waals surface area contributed by atoms with Crippen LogP contribution in [-0.2, 0) is 17.3 Å². The van der Waals surface area contributed by atoms with Crippen LogP contribution in [0.4, 0.5) is 4.39 Å². The number of nitrogens with zero attached hydrogens (tertiary/aromatic N) is 1. The molecule has 1 aromatic carbocycles. The van der Waals surface area contributed by atoms with Crippen molar-refractivity contribution in [3.8, 4) is 6.07 Å². The lowest BCUT2D eigenvalue weighted by Crippen LogP contribution is -2.21. The van der Waals surface area contributed by atoms with Crippen molar-refractivity contribution in [2.45, 2.75) is 13.5 Å². The Morgan fingerprint density at radius 2 is 2.29 bits per heavy atom. The highest BCUT2D eigenvalue weighted by Crippen LogP contribution is 2.09. The molecule has 3 nitrogen and oxygen atoms in total. The lowest BCUT2D eigenvalue weighted by atomic mass is 10.1. The highest BCUT2D eigenvalue weighted by Gasteiger charge is 2.03. The Balaban J connectivity index is 2.46. The van der Waals surface area contributed by atoms with Gasteiger partial charge in [-0.15, -0.1) is 0 Å². The molecular weight excluding hydrogens is 239 g/mol. The monoisotopic (exact) mass is 254 g/mol. The van der Waals surface area contributed by atoms with Crippen LogP contribution in [0.25, 0.3) is 0 Å². The molecule has 0 aliphatic heterocycles. The molecule has 0 saturated heterocycles. The van der Waals surface area contributed by atoms with Gasteiger partial charge < -0.3 is 5.32 Å². The minimum atomic E-state index is -0.805. The Morgan fingerprint density at radius 3 is 2.94 bits per heavy atom. The van der Waals surface area contributed by atoms with E-state index in [4.69, 9.17) is 5.26 Å². The summed E-state index contributed by atoms with van der Waals surface area (Å²) in [6, 6.07) is 6.24. The first kappa shape index (κ1) is 13.8. The molecule has 0 aliphatic carbocycles. The number of benzene rings is 1. The Morgan fingerprint density at radius 1 is 1.53 bits per heavy atom. The molecule has 0 fully saturated rings. The molecule has 1 rings (SSSR count). The van der Waals surface area contributed by atoms with Gasteiger partial charge in [0.05, 0.1) is 11.6 Å². The molecule has 0 saturated carbocycles. The van der Waals surface area contributed by atoms with Crippen LogP contribution in [0.1, 0.15) is 18.1 Å². The predicted octanol–water partition coefficient (Wildman–Crippen LogP) is 1.56. The van der Waals surface area contributed by atoms with Crippen LogP contribution in [0.3, 0.4) is 0 Å². The Bertz CT molecular complexity index is 443. The quantitative estimate of drug-likeness (QED) is 0.784. The maximum absolute atomic E-state index is 13.3. The van der Waals surface area contributed by atoms with E-state index in [9.17, 15) is 8.60 Å². The van der Waals surface area contributed by atoms with E-state index in [0.717, 1.165) is 0 Å². The standard InChI is InChI=1S/C12H15FN2OS/c1-2-17(16)6-5-15-9-11-7-10(8-14)3-4-12(11)13/h3-4,7,15H,2,5-6,9H2,1H3. The summed E-state index contributed by atoms with van der Waals surface area (Å²) in [7, 11) is -0.805. The van der Waals surface area contributed by atoms with Crippen molar-refractivity contribution in [3.63, 3.8) is 0 Å². The van der Waals surface area contributed by atoms with Gasteiger partial charge in [-0.25, -0.2) is 4.39 Å². The van der Waals surface area contributed by atoms with Crippen molar-refractivity contribution in [3.05, 3.63) is 35.1 Å². The third-order valence-corrected chi connectivity index (χ3v) is 3.62. The van der Waals surface area contributed by atoms with Gasteiger partial charge in [-0.3, -0.25) is 4.21 Å². The fourth-order valence-corrected chi connectivity index (χ4v) is 1.99. The summed E-state index contributed by atoms with van der Waals surface area (Å²) < 4.78 is 24.5. The molecular formula is C12H15FN2OS. The summed E-state index contributed by atoms with van der Waals surface area (Å²) in [6.45, 7) is 2.80. The van der Waals surface area contributed by atoms with Crippen molar-refractivity contribution in [2.75, 3.05) is 18.1 Å². The van der Waals surface area contributed by atoms with Crippen LogP contribution < -0.4 is 5.32 Å². The zero-order valence-corrected chi connectivity index (χ0v) is 10.5. The third kappa shape index (κ3) is 4.63. The van der Waals surface area contributed by atoms with E-state index < -0.39 is 10.8 Å². The molecule has 1 N–H and O–H groups in total. The van der Waals surface area contributed by atoms with E-state index >= 15 is 0 Å². The van der Waals surface area contributed by atoms with Gasteiger partial charge >= 0.3 is 0 Å². The zero-order chi connectivity index (χ0) is 12.7. The van der Waals surface area contributed by atoms with Gasteiger partial charge in [0.15, 0.2) is 0 Å². The fourth-order valence-electron chi connectivity index (χ4n) is 1.33. The van der Waals surface area contributed by atoms with Gasteiger partial charge in [-0.05, 0) is 18.2 Å². The Kier molecular flexibility index (Phi) is 5.81. The van der Waals surface area contributed by atoms with Crippen molar-refractivity contribution >= 4 is 10.8 Å². The molecule has 1 atom stereocenters. The van der Waals surface area contributed by atoms with E-state index in [2.05, 4.69) is 5.32 Å². The van der Waals surface area contributed by atoms with Gasteiger partial charge in [0.25, 0.3) is 0 Å². The number of rotatable bonds is 6. The number of nitriles is 1. The lowest BCUT2D eigenvalue weighted by molar-refractivity contribution is 0.593. The number of nitrogens with one attached hydrogen (secondary N) is 1. The summed E-state index contributed by atoms with van der Waals surface area (Å²) in [5.74, 6) is 0.879. The SMILES string of the molecule is CCS(=O)CCNCc1cc(C#N)ccc1F. The van der Waals surface area contributed by atoms with E-state index in [1.54, 1.807) is 0 Å². The van der Waals surface area contributed by atoms with Crippen molar-refractivity contribution in [1.29, 1.82) is 5.26 Å². The summed E-state index contributed by atoms with van der Waals surface area (Å²) in [5, 5.41) is 11.7. The molecule has 92 valence electrons. The Hall–Kier alpha value is -1.25. The molecule has 5 heteroatoms. The average molecular weight is 254 g/mol. The van der Waals surface area contributed by atoms with Crippen LogP contribution in [0.2, 0.25) is 0 Å². The second kappa shape index (κ2) is 7.15. The van der Waals surface area contributed by atoms with Gasteiger partial charge in [-0.1, -0.05) is 6.92 Å². The molecule has 0 aliphatic rings. The third-order valence-electron chi connectivity index (χ3n) is 2.32. The van der Waals surface area contributed by atoms with Crippen LogP contribution in [0.5, 0.6) is 0 Å². The molecule has 0 heterocycles. The second-order valence-corrected chi connectivity index (χ2v) is 5.39. The predicted molar refractivity (Wildman–Crippen MR) is 66.4 cm³/mol. The molecule has 0 radical (unpaired) electrons. The number of hydrogen-bond donors (Lipinski definition) is 1. The van der Waals surface area contributed by atoms with E-state index in [1.807, 2.05) is 13.0 Å². The highest BCUT2D eigenvalue weighted by molar-refractivity contribution is 7.84. The molecule has 0 bridgehead atoms. The van der Waals surface area contributed by atoms with Gasteiger partial charge in [0, 0.05) is 41.0 Å². The number of hydrogen-bond acceptors (Lipinski definition) is 3. The minimum absolute atomic E-state index is 0.326. The highest BCUT2D eigenvalue weighted by atomic mass is 32.2. The summed E-state index contributed by atoms with van der Waals surface area (Å²) in [4.78, 5) is 0. The topological polar surface area (TPSA) is 52.9 Å². The smallest absolute Gasteiger partial charge is 0.127 e. The molecule has 0 amide bonds. The summed E-state index contributed by atoms with van der Waals surface area (Å²) >= 11 is 0. The van der Waals surface area contributed by atoms with Crippen LogP contribution in [-0.4, -0.2) is 22.3 Å². The largest absolute Gasteiger partial charge is 0.312 e. The van der Waals surface area contributed by atoms with Crippen molar-refractivity contribution in [1.82, 2.24) is 5.32 Å². The van der Waals surface area contributed by atoms with E-state index in [-0.39, 0.29) is 5.82 Å². The van der Waals surface area contributed by atoms with Crippen LogP contribution in [0, 0.1) is 17.1 Å². The molecule has 0 spiro atoms. The Labute approximate surface area is 103 Å². The molecule has 0 aromatic heterocycles. The summed E-state index contributed by atoms with van der Waals surface area (Å²) in [5.41, 5.74) is 0.909. The first-order valence-electron chi connectivity index (χ1n) is 5.41. The summed E-state index contributed by atoms with van der Waals surface area (Å²) in [6.07, 6.45) is 0. The molecule has 1 unspecified atom stereocenters. The van der Waals surface area contributed by atoms with Gasteiger partial charge in [0.2, 0.25) is 0 Å². The first-order chi connectivity index (χ1) is 8.17. The minimum Gasteiger partial charge on any atom is -0.312 e. The maximum Gasteiger partial charge on any atom is 0.127 e. The van der Waals surface area contributed by atoms with Crippen molar-refractivity contribution < 1.29 is 8.60 Å². The second-order valence-electron chi connectivity index (χ2n) is 3.53. The van der Waals surface area contributed by atoms with Crippen LogP contribution >= 0.6 is 0 Å². The van der Waals surface area contributed by atoms with Crippen molar-refractivity contribution in [2.24, 2.45) is 0 Å². The van der Waals surface area contributed by atoms with Crippen LogP contribution in [0.15, 0.2) is 18.2 Å². The lowest BCUT2D eigenvalue weighted by Gasteiger charge is -2.06. The zero-order valence-electron chi connectivity index (χ0n) is 9.70. The molecule has 1 aromatic rings. The first-order valence-corrected chi connectivity index (χ1v) is 6.90.